The number of hydrogen-bond donors (Lipinski definition) is 0. The normalized spacial score (nSPS) is 22.8. The number of rotatable bonds is 3. The van der Waals surface area contributed by atoms with Crippen molar-refractivity contribution in [3.63, 3.8) is 0 Å². The van der Waals surface area contributed by atoms with Gasteiger partial charge in [0.25, 0.3) is 0 Å². The summed E-state index contributed by atoms with van der Waals surface area (Å²) < 4.78 is 0. The predicted octanol–water partition coefficient (Wildman–Crippen LogP) is 4.46. The summed E-state index contributed by atoms with van der Waals surface area (Å²) in [7, 11) is 2.07. The Hall–Kier alpha value is -1.20. The third kappa shape index (κ3) is 4.70. The van der Waals surface area contributed by atoms with Crippen molar-refractivity contribution in [1.29, 1.82) is 0 Å². The third-order valence-electron chi connectivity index (χ3n) is 4.93. The summed E-state index contributed by atoms with van der Waals surface area (Å²) in [4.78, 5) is 21.4. The van der Waals surface area contributed by atoms with E-state index in [1.165, 1.54) is 37.7 Å². The predicted molar refractivity (Wildman–Crippen MR) is 110 cm³/mol. The van der Waals surface area contributed by atoms with Crippen molar-refractivity contribution in [2.24, 2.45) is 4.99 Å². The van der Waals surface area contributed by atoms with Gasteiger partial charge in [-0.05, 0) is 31.9 Å². The second-order valence-electron chi connectivity index (χ2n) is 6.83. The number of anilines is 1. The van der Waals surface area contributed by atoms with E-state index in [9.17, 15) is 4.79 Å². The summed E-state index contributed by atoms with van der Waals surface area (Å²) in [6, 6.07) is 8.65. The quantitative estimate of drug-likeness (QED) is 0.775. The van der Waals surface area contributed by atoms with Gasteiger partial charge in [0, 0.05) is 25.4 Å². The van der Waals surface area contributed by atoms with Gasteiger partial charge in [0.15, 0.2) is 5.17 Å². The van der Waals surface area contributed by atoms with Crippen LogP contribution in [-0.2, 0) is 4.79 Å². The van der Waals surface area contributed by atoms with Crippen LogP contribution in [0.4, 0.5) is 5.69 Å². The zero-order valence-electron chi connectivity index (χ0n) is 15.3. The van der Waals surface area contributed by atoms with Crippen LogP contribution in [0, 0.1) is 6.92 Å². The van der Waals surface area contributed by atoms with E-state index in [0.717, 1.165) is 16.6 Å². The fraction of sp³-hybridized carbons (Fsp3) is 0.579. The Balaban J connectivity index is 0.00000225. The molecule has 25 heavy (non-hydrogen) atoms. The van der Waals surface area contributed by atoms with Gasteiger partial charge in [-0.25, -0.2) is 0 Å². The maximum atomic E-state index is 12.3. The molecule has 0 aromatic heterocycles. The van der Waals surface area contributed by atoms with E-state index >= 15 is 0 Å². The number of hydrogen-bond acceptors (Lipinski definition) is 3. The molecule has 1 aliphatic heterocycles. The van der Waals surface area contributed by atoms with Crippen molar-refractivity contribution in [3.8, 4) is 0 Å². The monoisotopic (exact) mass is 381 g/mol. The summed E-state index contributed by atoms with van der Waals surface area (Å²) in [5.74, 6) is 0.949. The molecule has 1 saturated carbocycles. The molecule has 0 spiro atoms. The summed E-state index contributed by atoms with van der Waals surface area (Å²) in [5.41, 5.74) is 2.17. The Morgan fingerprint density at radius 3 is 2.44 bits per heavy atom. The number of amidine groups is 1. The molecule has 138 valence electrons. The fourth-order valence-corrected chi connectivity index (χ4v) is 4.72. The van der Waals surface area contributed by atoms with E-state index in [1.54, 1.807) is 18.7 Å². The first kappa shape index (κ1) is 20.1. The van der Waals surface area contributed by atoms with Crippen molar-refractivity contribution in [2.75, 3.05) is 17.7 Å². The molecule has 1 saturated heterocycles. The Labute approximate surface area is 161 Å². The highest BCUT2D eigenvalue weighted by Gasteiger charge is 2.34. The van der Waals surface area contributed by atoms with Gasteiger partial charge in [0.05, 0.1) is 6.04 Å². The Kier molecular flexibility index (Phi) is 7.20. The van der Waals surface area contributed by atoms with Gasteiger partial charge in [-0.15, -0.1) is 12.4 Å². The van der Waals surface area contributed by atoms with Crippen LogP contribution < -0.4 is 4.90 Å². The lowest BCUT2D eigenvalue weighted by Gasteiger charge is -2.33. The third-order valence-corrected chi connectivity index (χ3v) is 6.04. The van der Waals surface area contributed by atoms with Gasteiger partial charge >= 0.3 is 0 Å². The average Bonchev–Trinajstić information content (AvgIpc) is 2.91. The smallest absolute Gasteiger partial charge is 0.225 e. The molecule has 0 N–H and O–H groups in total. The first-order valence-corrected chi connectivity index (χ1v) is 9.84. The van der Waals surface area contributed by atoms with Crippen LogP contribution in [0.5, 0.6) is 0 Å². The molecule has 3 rings (SSSR count). The standard InChI is InChI=1S/C19H27N3OS.ClH/c1-14-9-11-17(12-10-14)22(15(2)23)18-13-24-19(21(18)3)20-16-7-5-4-6-8-16;/h9-12,16,18H,4-8,13H2,1-3H3;1H. The van der Waals surface area contributed by atoms with Crippen molar-refractivity contribution >= 4 is 40.9 Å². The lowest BCUT2D eigenvalue weighted by atomic mass is 9.96. The molecule has 2 aliphatic rings. The number of carbonyl (C=O) groups is 1. The number of nitrogens with zero attached hydrogens (tertiary/aromatic N) is 3. The van der Waals surface area contributed by atoms with E-state index in [-0.39, 0.29) is 24.5 Å². The second-order valence-corrected chi connectivity index (χ2v) is 7.82. The van der Waals surface area contributed by atoms with E-state index in [1.807, 2.05) is 17.0 Å². The van der Waals surface area contributed by atoms with E-state index in [4.69, 9.17) is 4.99 Å². The molecule has 1 atom stereocenters. The minimum atomic E-state index is 0. The molecular formula is C19H28ClN3OS. The van der Waals surface area contributed by atoms with Crippen LogP contribution in [0.15, 0.2) is 29.3 Å². The van der Waals surface area contributed by atoms with Crippen LogP contribution in [0.2, 0.25) is 0 Å². The van der Waals surface area contributed by atoms with Crippen molar-refractivity contribution in [1.82, 2.24) is 4.90 Å². The highest BCUT2D eigenvalue weighted by molar-refractivity contribution is 8.14. The van der Waals surface area contributed by atoms with Gasteiger partial charge in [-0.3, -0.25) is 14.7 Å². The van der Waals surface area contributed by atoms with Crippen LogP contribution >= 0.6 is 24.2 Å². The van der Waals surface area contributed by atoms with Crippen molar-refractivity contribution in [2.45, 2.75) is 58.2 Å². The highest BCUT2D eigenvalue weighted by atomic mass is 35.5. The van der Waals surface area contributed by atoms with Gasteiger partial charge in [0.2, 0.25) is 5.91 Å². The minimum Gasteiger partial charge on any atom is -0.333 e. The lowest BCUT2D eigenvalue weighted by molar-refractivity contribution is -0.117. The SMILES string of the molecule is CC(=O)N(c1ccc(C)cc1)C1CSC(=NC2CCCCC2)N1C.Cl. The largest absolute Gasteiger partial charge is 0.333 e. The molecular weight excluding hydrogens is 354 g/mol. The zero-order valence-corrected chi connectivity index (χ0v) is 16.9. The maximum absolute atomic E-state index is 12.3. The zero-order chi connectivity index (χ0) is 17.1. The molecule has 0 bridgehead atoms. The molecule has 6 heteroatoms. The Bertz CT molecular complexity index is 614. The summed E-state index contributed by atoms with van der Waals surface area (Å²) >= 11 is 1.78. The van der Waals surface area contributed by atoms with Gasteiger partial charge in [0.1, 0.15) is 6.17 Å². The Morgan fingerprint density at radius 1 is 1.20 bits per heavy atom. The van der Waals surface area contributed by atoms with Crippen molar-refractivity contribution in [3.05, 3.63) is 29.8 Å². The summed E-state index contributed by atoms with van der Waals surface area (Å²) in [6.45, 7) is 3.71. The van der Waals surface area contributed by atoms with Crippen LogP contribution in [-0.4, -0.2) is 41.0 Å². The molecule has 0 radical (unpaired) electrons. The fourth-order valence-electron chi connectivity index (χ4n) is 3.50. The average molecular weight is 382 g/mol. The molecule has 1 aliphatic carbocycles. The maximum Gasteiger partial charge on any atom is 0.225 e. The Morgan fingerprint density at radius 2 is 1.84 bits per heavy atom. The first-order valence-electron chi connectivity index (χ1n) is 8.86. The van der Waals surface area contributed by atoms with Crippen LogP contribution in [0.1, 0.15) is 44.6 Å². The number of aliphatic imine (C=N–C) groups is 1. The number of aryl methyl sites for hydroxylation is 1. The van der Waals surface area contributed by atoms with Gasteiger partial charge in [-0.1, -0.05) is 48.7 Å². The molecule has 1 aromatic carbocycles. The van der Waals surface area contributed by atoms with Crippen molar-refractivity contribution < 1.29 is 4.79 Å². The molecule has 1 heterocycles. The molecule has 2 fully saturated rings. The van der Waals surface area contributed by atoms with Crippen LogP contribution in [0.3, 0.4) is 0 Å². The lowest BCUT2D eigenvalue weighted by Crippen LogP contribution is -2.48. The molecule has 1 amide bonds. The van der Waals surface area contributed by atoms with E-state index in [0.29, 0.717) is 6.04 Å². The summed E-state index contributed by atoms with van der Waals surface area (Å²) in [6.07, 6.45) is 6.38. The van der Waals surface area contributed by atoms with E-state index in [2.05, 4.69) is 31.0 Å². The topological polar surface area (TPSA) is 35.9 Å². The van der Waals surface area contributed by atoms with E-state index < -0.39 is 0 Å². The molecule has 1 aromatic rings. The first-order chi connectivity index (χ1) is 11.6. The number of carbonyl (C=O) groups excluding carboxylic acids is 1. The number of amides is 1. The molecule has 4 nitrogen and oxygen atoms in total. The van der Waals surface area contributed by atoms with Gasteiger partial charge < -0.3 is 4.90 Å². The van der Waals surface area contributed by atoms with Crippen LogP contribution in [0.25, 0.3) is 0 Å². The second kappa shape index (κ2) is 8.95. The highest BCUT2D eigenvalue weighted by Crippen LogP contribution is 2.31. The number of thioether (sulfide) groups is 1. The number of halogens is 1. The number of benzene rings is 1. The summed E-state index contributed by atoms with van der Waals surface area (Å²) in [5, 5.41) is 1.09. The van der Waals surface area contributed by atoms with Gasteiger partial charge in [-0.2, -0.15) is 0 Å². The minimum absolute atomic E-state index is 0. The molecule has 1 unspecified atom stereocenters.